The van der Waals surface area contributed by atoms with Gasteiger partial charge in [-0.1, -0.05) is 6.92 Å². The fourth-order valence-corrected chi connectivity index (χ4v) is 0.712. The van der Waals surface area contributed by atoms with E-state index in [4.69, 9.17) is 5.73 Å². The maximum atomic E-state index is 11.0. The summed E-state index contributed by atoms with van der Waals surface area (Å²) in [5.74, 6) is 0.116. The van der Waals surface area contributed by atoms with Crippen molar-refractivity contribution in [1.82, 2.24) is 5.32 Å². The van der Waals surface area contributed by atoms with Gasteiger partial charge in [-0.3, -0.25) is 4.79 Å². The largest absolute Gasteiger partial charge is 0.354 e. The number of nitrogens with one attached hydrogen (secondary N) is 1. The van der Waals surface area contributed by atoms with Crippen LogP contribution in [0.1, 0.15) is 33.1 Å². The molecule has 0 unspecified atom stereocenters. The Balaban J connectivity index is 3.36. The molecule has 3 N–H and O–H groups in total. The smallest absolute Gasteiger partial charge is 0.220 e. The molecule has 0 rings (SSSR count). The first-order valence-electron chi connectivity index (χ1n) is 4.20. The van der Waals surface area contributed by atoms with Crippen molar-refractivity contribution in [3.05, 3.63) is 0 Å². The number of hydrogen-bond donors (Lipinski definition) is 2. The van der Waals surface area contributed by atoms with Gasteiger partial charge < -0.3 is 11.1 Å². The first-order chi connectivity index (χ1) is 5.20. The van der Waals surface area contributed by atoms with Gasteiger partial charge in [0, 0.05) is 12.5 Å². The molecule has 0 fully saturated rings. The van der Waals surface area contributed by atoms with Gasteiger partial charge in [0.15, 0.2) is 0 Å². The summed E-state index contributed by atoms with van der Waals surface area (Å²) in [5, 5.41) is 2.87. The van der Waals surface area contributed by atoms with E-state index in [0.29, 0.717) is 19.0 Å². The number of carbonyl (C=O) groups excluding carboxylic acids is 1. The monoisotopic (exact) mass is 158 g/mol. The zero-order valence-corrected chi connectivity index (χ0v) is 7.39. The molecule has 0 aromatic rings. The van der Waals surface area contributed by atoms with Gasteiger partial charge >= 0.3 is 0 Å². The molecule has 3 heteroatoms. The van der Waals surface area contributed by atoms with Crippen LogP contribution in [0, 0.1) is 0 Å². The summed E-state index contributed by atoms with van der Waals surface area (Å²) in [6, 6.07) is 0.292. The molecule has 66 valence electrons. The van der Waals surface area contributed by atoms with Crippen LogP contribution in [0.5, 0.6) is 0 Å². The van der Waals surface area contributed by atoms with E-state index < -0.39 is 0 Å². The van der Waals surface area contributed by atoms with Crippen molar-refractivity contribution in [3.8, 4) is 0 Å². The molecule has 11 heavy (non-hydrogen) atoms. The molecule has 0 aromatic heterocycles. The Hall–Kier alpha value is -0.570. The zero-order valence-electron chi connectivity index (χ0n) is 7.39. The fourth-order valence-electron chi connectivity index (χ4n) is 0.712. The quantitative estimate of drug-likeness (QED) is 0.617. The molecular formula is C8H18N2O. The average molecular weight is 158 g/mol. The molecule has 0 bridgehead atoms. The lowest BCUT2D eigenvalue weighted by molar-refractivity contribution is -0.121. The van der Waals surface area contributed by atoms with Gasteiger partial charge in [0.25, 0.3) is 0 Å². The van der Waals surface area contributed by atoms with Gasteiger partial charge in [-0.15, -0.1) is 0 Å². The Kier molecular flexibility index (Phi) is 5.84. The van der Waals surface area contributed by atoms with E-state index in [1.54, 1.807) is 0 Å². The molecule has 1 atom stereocenters. The number of carbonyl (C=O) groups is 1. The third-order valence-corrected chi connectivity index (χ3v) is 1.63. The van der Waals surface area contributed by atoms with Crippen molar-refractivity contribution in [1.29, 1.82) is 0 Å². The highest BCUT2D eigenvalue weighted by molar-refractivity contribution is 5.76. The van der Waals surface area contributed by atoms with Crippen LogP contribution in [0.15, 0.2) is 0 Å². The van der Waals surface area contributed by atoms with Crippen LogP contribution in [0.4, 0.5) is 0 Å². The zero-order chi connectivity index (χ0) is 8.69. The standard InChI is InChI=1S/C8H18N2O/c1-3-7(2)10-8(11)5-4-6-9/h7H,3-6,9H2,1-2H3,(H,10,11)/t7-/m0/s1. The van der Waals surface area contributed by atoms with Gasteiger partial charge in [0.2, 0.25) is 5.91 Å². The summed E-state index contributed by atoms with van der Waals surface area (Å²) in [6.07, 6.45) is 2.32. The number of rotatable bonds is 5. The van der Waals surface area contributed by atoms with Crippen LogP contribution in [0.2, 0.25) is 0 Å². The van der Waals surface area contributed by atoms with Crippen LogP contribution in [0.3, 0.4) is 0 Å². The third-order valence-electron chi connectivity index (χ3n) is 1.63. The van der Waals surface area contributed by atoms with Crippen molar-refractivity contribution < 1.29 is 4.79 Å². The van der Waals surface area contributed by atoms with Gasteiger partial charge in [-0.2, -0.15) is 0 Å². The number of amides is 1. The summed E-state index contributed by atoms with van der Waals surface area (Å²) in [4.78, 5) is 11.0. The Morgan fingerprint density at radius 1 is 1.64 bits per heavy atom. The van der Waals surface area contributed by atoms with Crippen LogP contribution >= 0.6 is 0 Å². The Bertz CT molecular complexity index is 115. The van der Waals surface area contributed by atoms with E-state index >= 15 is 0 Å². The Labute approximate surface area is 68.3 Å². The van der Waals surface area contributed by atoms with Crippen molar-refractivity contribution in [3.63, 3.8) is 0 Å². The van der Waals surface area contributed by atoms with Gasteiger partial charge in [-0.05, 0) is 26.3 Å². The maximum Gasteiger partial charge on any atom is 0.220 e. The molecule has 0 aliphatic rings. The van der Waals surface area contributed by atoms with Crippen LogP contribution in [-0.2, 0) is 4.79 Å². The van der Waals surface area contributed by atoms with E-state index in [0.717, 1.165) is 12.8 Å². The minimum atomic E-state index is 0.116. The molecule has 0 aromatic carbocycles. The van der Waals surface area contributed by atoms with Crippen LogP contribution in [0.25, 0.3) is 0 Å². The summed E-state index contributed by atoms with van der Waals surface area (Å²) < 4.78 is 0. The summed E-state index contributed by atoms with van der Waals surface area (Å²) in [5.41, 5.74) is 5.26. The third kappa shape index (κ3) is 5.85. The van der Waals surface area contributed by atoms with Crippen molar-refractivity contribution in [2.75, 3.05) is 6.54 Å². The first kappa shape index (κ1) is 10.4. The first-order valence-corrected chi connectivity index (χ1v) is 4.20. The van der Waals surface area contributed by atoms with Crippen molar-refractivity contribution in [2.45, 2.75) is 39.2 Å². The van der Waals surface area contributed by atoms with E-state index in [9.17, 15) is 4.79 Å². The molecule has 0 heterocycles. The fraction of sp³-hybridized carbons (Fsp3) is 0.875. The molecular weight excluding hydrogens is 140 g/mol. The summed E-state index contributed by atoms with van der Waals surface area (Å²) in [6.45, 7) is 4.64. The summed E-state index contributed by atoms with van der Waals surface area (Å²) in [7, 11) is 0. The van der Waals surface area contributed by atoms with Crippen molar-refractivity contribution >= 4 is 5.91 Å². The Morgan fingerprint density at radius 3 is 2.73 bits per heavy atom. The lowest BCUT2D eigenvalue weighted by Gasteiger charge is -2.10. The molecule has 0 aliphatic carbocycles. The minimum absolute atomic E-state index is 0.116. The van der Waals surface area contributed by atoms with E-state index in [2.05, 4.69) is 5.32 Å². The van der Waals surface area contributed by atoms with Crippen LogP contribution < -0.4 is 11.1 Å². The van der Waals surface area contributed by atoms with Crippen molar-refractivity contribution in [2.24, 2.45) is 5.73 Å². The number of nitrogens with two attached hydrogens (primary N) is 1. The topological polar surface area (TPSA) is 55.1 Å². The highest BCUT2D eigenvalue weighted by Crippen LogP contribution is 1.91. The normalized spacial score (nSPS) is 12.6. The highest BCUT2D eigenvalue weighted by atomic mass is 16.1. The van der Waals surface area contributed by atoms with E-state index in [-0.39, 0.29) is 5.91 Å². The predicted molar refractivity (Wildman–Crippen MR) is 46.2 cm³/mol. The lowest BCUT2D eigenvalue weighted by atomic mass is 10.2. The lowest BCUT2D eigenvalue weighted by Crippen LogP contribution is -2.31. The van der Waals surface area contributed by atoms with Gasteiger partial charge in [-0.25, -0.2) is 0 Å². The molecule has 3 nitrogen and oxygen atoms in total. The summed E-state index contributed by atoms with van der Waals surface area (Å²) >= 11 is 0. The van der Waals surface area contributed by atoms with E-state index in [1.807, 2.05) is 13.8 Å². The Morgan fingerprint density at radius 2 is 2.27 bits per heavy atom. The second-order valence-corrected chi connectivity index (χ2v) is 2.77. The second-order valence-electron chi connectivity index (χ2n) is 2.77. The highest BCUT2D eigenvalue weighted by Gasteiger charge is 2.03. The van der Waals surface area contributed by atoms with Gasteiger partial charge in [0.1, 0.15) is 0 Å². The molecule has 1 amide bonds. The molecule has 0 aliphatic heterocycles. The SMILES string of the molecule is CC[C@H](C)NC(=O)CCCN. The van der Waals surface area contributed by atoms with E-state index in [1.165, 1.54) is 0 Å². The molecule has 0 radical (unpaired) electrons. The number of hydrogen-bond acceptors (Lipinski definition) is 2. The molecule has 0 saturated carbocycles. The second kappa shape index (κ2) is 6.16. The van der Waals surface area contributed by atoms with Crippen LogP contribution in [-0.4, -0.2) is 18.5 Å². The minimum Gasteiger partial charge on any atom is -0.354 e. The average Bonchev–Trinajstić information content (AvgIpc) is 2.00. The predicted octanol–water partition coefficient (Wildman–Crippen LogP) is 0.640. The maximum absolute atomic E-state index is 11.0. The van der Waals surface area contributed by atoms with Gasteiger partial charge in [0.05, 0.1) is 0 Å². The molecule has 0 spiro atoms. The molecule has 0 saturated heterocycles.